The molecule has 1 aromatic heterocycles. The molecule has 26 heavy (non-hydrogen) atoms. The van der Waals surface area contributed by atoms with Gasteiger partial charge in [-0.05, 0) is 12.8 Å². The first kappa shape index (κ1) is 18.8. The van der Waals surface area contributed by atoms with Crippen LogP contribution in [0.5, 0.6) is 0 Å². The van der Waals surface area contributed by atoms with Crippen LogP contribution in [0.1, 0.15) is 18.7 Å². The van der Waals surface area contributed by atoms with E-state index in [1.807, 2.05) is 19.0 Å². The maximum Gasteiger partial charge on any atom is 0.240 e. The van der Waals surface area contributed by atoms with Gasteiger partial charge in [-0.2, -0.15) is 15.0 Å². The summed E-state index contributed by atoms with van der Waals surface area (Å²) in [5.74, 6) is 1.55. The predicted molar refractivity (Wildman–Crippen MR) is 104 cm³/mol. The van der Waals surface area contributed by atoms with E-state index in [0.717, 1.165) is 25.9 Å². The molecule has 9 nitrogen and oxygen atoms in total. The van der Waals surface area contributed by atoms with Gasteiger partial charge in [0.2, 0.25) is 23.7 Å². The van der Waals surface area contributed by atoms with Crippen LogP contribution in [0.4, 0.5) is 11.9 Å². The number of hydrogen-bond donors (Lipinski definition) is 1. The van der Waals surface area contributed by atoms with Crippen molar-refractivity contribution >= 4 is 52.0 Å². The smallest absolute Gasteiger partial charge is 0.240 e. The fraction of sp³-hybridized carbons (Fsp3) is 0.600. The zero-order valence-electron chi connectivity index (χ0n) is 14.8. The van der Waals surface area contributed by atoms with Gasteiger partial charge in [0.15, 0.2) is 5.82 Å². The lowest BCUT2D eigenvalue weighted by atomic mass is 10.4. The minimum Gasteiger partial charge on any atom is -0.347 e. The van der Waals surface area contributed by atoms with Gasteiger partial charge in [0.1, 0.15) is 10.9 Å². The highest BCUT2D eigenvalue weighted by atomic mass is 32.2. The molecule has 2 aliphatic heterocycles. The Morgan fingerprint density at radius 1 is 1.27 bits per heavy atom. The molecule has 3 heterocycles. The van der Waals surface area contributed by atoms with Crippen LogP contribution in [0.3, 0.4) is 0 Å². The number of carbonyl (C=O) groups excluding carboxylic acids is 2. The van der Waals surface area contributed by atoms with E-state index < -0.39 is 0 Å². The number of amides is 2. The third kappa shape index (κ3) is 4.39. The van der Waals surface area contributed by atoms with E-state index in [0.29, 0.717) is 27.8 Å². The summed E-state index contributed by atoms with van der Waals surface area (Å²) in [6, 6.07) is 0. The molecule has 0 aromatic carbocycles. The molecule has 140 valence electrons. The van der Waals surface area contributed by atoms with E-state index in [1.54, 1.807) is 0 Å². The molecule has 3 rings (SSSR count). The highest BCUT2D eigenvalue weighted by molar-refractivity contribution is 8.23. The van der Waals surface area contributed by atoms with Gasteiger partial charge >= 0.3 is 0 Å². The second kappa shape index (κ2) is 8.12. The number of anilines is 2. The van der Waals surface area contributed by atoms with E-state index in [-0.39, 0.29) is 24.9 Å². The third-order valence-corrected chi connectivity index (χ3v) is 5.47. The Hall–Kier alpha value is -2.01. The SMILES string of the molecule is CN(C)c1nc(CNC(=O)CN2C(=O)CSC2=S)nc(N2CCCC2)n1. The zero-order chi connectivity index (χ0) is 18.7. The van der Waals surface area contributed by atoms with Crippen LogP contribution >= 0.6 is 24.0 Å². The van der Waals surface area contributed by atoms with Gasteiger partial charge in [0.05, 0.1) is 12.3 Å². The molecule has 11 heteroatoms. The summed E-state index contributed by atoms with van der Waals surface area (Å²) in [5.41, 5.74) is 0. The van der Waals surface area contributed by atoms with Crippen molar-refractivity contribution in [3.63, 3.8) is 0 Å². The number of carbonyl (C=O) groups is 2. The molecular weight excluding hydrogens is 374 g/mol. The summed E-state index contributed by atoms with van der Waals surface area (Å²) in [7, 11) is 3.73. The van der Waals surface area contributed by atoms with Crippen LogP contribution in [0, 0.1) is 0 Å². The van der Waals surface area contributed by atoms with Gasteiger partial charge in [0, 0.05) is 27.2 Å². The van der Waals surface area contributed by atoms with Gasteiger partial charge in [-0.25, -0.2) is 0 Å². The second-order valence-electron chi connectivity index (χ2n) is 6.25. The number of nitrogens with one attached hydrogen (secondary N) is 1. The molecule has 1 N–H and O–H groups in total. The third-order valence-electron chi connectivity index (χ3n) is 4.03. The van der Waals surface area contributed by atoms with Crippen molar-refractivity contribution in [3.05, 3.63) is 5.82 Å². The Kier molecular flexibility index (Phi) is 5.87. The summed E-state index contributed by atoms with van der Waals surface area (Å²) < 4.78 is 0.441. The quantitative estimate of drug-likeness (QED) is 0.669. The molecule has 0 unspecified atom stereocenters. The molecule has 0 radical (unpaired) electrons. The minimum absolute atomic E-state index is 0.0741. The summed E-state index contributed by atoms with van der Waals surface area (Å²) in [5, 5.41) is 2.76. The molecule has 2 aliphatic rings. The maximum atomic E-state index is 12.2. The van der Waals surface area contributed by atoms with Crippen LogP contribution in [0.15, 0.2) is 0 Å². The van der Waals surface area contributed by atoms with Crippen LogP contribution < -0.4 is 15.1 Å². The van der Waals surface area contributed by atoms with Gasteiger partial charge in [-0.3, -0.25) is 14.5 Å². The van der Waals surface area contributed by atoms with Gasteiger partial charge in [0.25, 0.3) is 0 Å². The summed E-state index contributed by atoms with van der Waals surface area (Å²) in [6.45, 7) is 1.95. The van der Waals surface area contributed by atoms with Gasteiger partial charge < -0.3 is 15.1 Å². The number of rotatable bonds is 6. The van der Waals surface area contributed by atoms with E-state index in [2.05, 4.69) is 25.2 Å². The van der Waals surface area contributed by atoms with E-state index in [4.69, 9.17) is 12.2 Å². The number of nitrogens with zero attached hydrogens (tertiary/aromatic N) is 6. The largest absolute Gasteiger partial charge is 0.347 e. The van der Waals surface area contributed by atoms with Crippen LogP contribution in [0.2, 0.25) is 0 Å². The molecule has 0 bridgehead atoms. The summed E-state index contributed by atoms with van der Waals surface area (Å²) >= 11 is 6.36. The van der Waals surface area contributed by atoms with Gasteiger partial charge in [-0.15, -0.1) is 0 Å². The molecule has 0 saturated carbocycles. The molecule has 0 spiro atoms. The van der Waals surface area contributed by atoms with Gasteiger partial charge in [-0.1, -0.05) is 24.0 Å². The molecule has 2 saturated heterocycles. The average molecular weight is 396 g/mol. The molecular formula is C15H21N7O2S2. The second-order valence-corrected chi connectivity index (χ2v) is 7.86. The molecule has 0 aliphatic carbocycles. The van der Waals surface area contributed by atoms with Crippen molar-refractivity contribution in [2.24, 2.45) is 0 Å². The van der Waals surface area contributed by atoms with Crippen LogP contribution in [-0.4, -0.2) is 75.5 Å². The lowest BCUT2D eigenvalue weighted by molar-refractivity contribution is -0.129. The molecule has 1 aromatic rings. The first-order valence-corrected chi connectivity index (χ1v) is 9.74. The van der Waals surface area contributed by atoms with Crippen LogP contribution in [0.25, 0.3) is 0 Å². The van der Waals surface area contributed by atoms with Crippen molar-refractivity contribution in [3.8, 4) is 0 Å². The van der Waals surface area contributed by atoms with Crippen LogP contribution in [-0.2, 0) is 16.1 Å². The fourth-order valence-electron chi connectivity index (χ4n) is 2.64. The normalized spacial score (nSPS) is 17.2. The lowest BCUT2D eigenvalue weighted by Gasteiger charge is -2.19. The van der Waals surface area contributed by atoms with E-state index in [1.165, 1.54) is 16.7 Å². The van der Waals surface area contributed by atoms with Crippen molar-refractivity contribution in [2.45, 2.75) is 19.4 Å². The fourth-order valence-corrected chi connectivity index (χ4v) is 3.71. The lowest BCUT2D eigenvalue weighted by Crippen LogP contribution is -2.39. The first-order chi connectivity index (χ1) is 12.4. The zero-order valence-corrected chi connectivity index (χ0v) is 16.4. The van der Waals surface area contributed by atoms with Crippen molar-refractivity contribution in [1.29, 1.82) is 0 Å². The summed E-state index contributed by atoms with van der Waals surface area (Å²) in [4.78, 5) is 42.5. The van der Waals surface area contributed by atoms with E-state index in [9.17, 15) is 9.59 Å². The predicted octanol–water partition coefficient (Wildman–Crippen LogP) is 0.0143. The Morgan fingerprint density at radius 3 is 2.62 bits per heavy atom. The number of hydrogen-bond acceptors (Lipinski definition) is 9. The minimum atomic E-state index is -0.294. The van der Waals surface area contributed by atoms with Crippen molar-refractivity contribution < 1.29 is 9.59 Å². The standard InChI is InChI=1S/C15H21N7O2S2/c1-20(2)13-17-10(18-14(19-13)21-5-3-4-6-21)7-16-11(23)8-22-12(24)9-26-15(22)25/h3-9H2,1-2H3,(H,16,23). The Labute approximate surface area is 161 Å². The highest BCUT2D eigenvalue weighted by Gasteiger charge is 2.28. The average Bonchev–Trinajstić information content (AvgIpc) is 3.25. The molecule has 2 amide bonds. The summed E-state index contributed by atoms with van der Waals surface area (Å²) in [6.07, 6.45) is 2.24. The number of aromatic nitrogens is 3. The Morgan fingerprint density at radius 2 is 2.00 bits per heavy atom. The topological polar surface area (TPSA) is 94.6 Å². The van der Waals surface area contributed by atoms with Crippen molar-refractivity contribution in [2.75, 3.05) is 49.3 Å². The number of thiocarbonyl (C=S) groups is 1. The molecule has 0 atom stereocenters. The van der Waals surface area contributed by atoms with E-state index >= 15 is 0 Å². The monoisotopic (exact) mass is 395 g/mol. The number of thioether (sulfide) groups is 1. The molecule has 2 fully saturated rings. The Bertz CT molecular complexity index is 706. The van der Waals surface area contributed by atoms with Crippen molar-refractivity contribution in [1.82, 2.24) is 25.2 Å². The Balaban J connectivity index is 1.65. The maximum absolute atomic E-state index is 12.2. The first-order valence-electron chi connectivity index (χ1n) is 8.35. The highest BCUT2D eigenvalue weighted by Crippen LogP contribution is 2.19.